The van der Waals surface area contributed by atoms with E-state index in [0.717, 1.165) is 0 Å². The molecule has 0 spiro atoms. The number of nitrogens with zero attached hydrogens (tertiary/aromatic N) is 7. The maximum atomic E-state index is 6.03. The van der Waals surface area contributed by atoms with E-state index in [9.17, 15) is 0 Å². The maximum Gasteiger partial charge on any atom is 0.257 e. The standard InChI is InChI=1S/C12H13ClN8/c1-3-14-10-16-11(20-6-4-5-15-20)18-12(17-10)21-7-9(13)8(2)19-21/h4-7H,3H2,1-2H3,(H,14,16,17,18). The van der Waals surface area contributed by atoms with Crippen molar-refractivity contribution >= 4 is 17.5 Å². The summed E-state index contributed by atoms with van der Waals surface area (Å²) in [5.41, 5.74) is 0.711. The quantitative estimate of drug-likeness (QED) is 0.788. The number of aromatic nitrogens is 7. The molecule has 9 heteroatoms. The second-order valence-corrected chi connectivity index (χ2v) is 4.65. The van der Waals surface area contributed by atoms with Gasteiger partial charge in [-0.05, 0) is 19.9 Å². The molecule has 0 amide bonds. The Morgan fingerprint density at radius 2 is 1.95 bits per heavy atom. The van der Waals surface area contributed by atoms with E-state index in [1.165, 1.54) is 4.68 Å². The second-order valence-electron chi connectivity index (χ2n) is 4.25. The molecule has 0 saturated carbocycles. The monoisotopic (exact) mass is 304 g/mol. The molecule has 21 heavy (non-hydrogen) atoms. The Bertz CT molecular complexity index is 729. The number of halogens is 1. The van der Waals surface area contributed by atoms with Crippen molar-refractivity contribution < 1.29 is 0 Å². The van der Waals surface area contributed by atoms with Crippen molar-refractivity contribution in [2.24, 2.45) is 0 Å². The Balaban J connectivity index is 2.11. The van der Waals surface area contributed by atoms with Gasteiger partial charge in [0, 0.05) is 18.9 Å². The van der Waals surface area contributed by atoms with E-state index in [-0.39, 0.29) is 0 Å². The molecular formula is C12H13ClN8. The Morgan fingerprint density at radius 1 is 1.19 bits per heavy atom. The van der Waals surface area contributed by atoms with E-state index in [2.05, 4.69) is 30.5 Å². The van der Waals surface area contributed by atoms with Crippen LogP contribution in [0.1, 0.15) is 12.6 Å². The van der Waals surface area contributed by atoms with Crippen molar-refractivity contribution in [1.82, 2.24) is 34.5 Å². The summed E-state index contributed by atoms with van der Waals surface area (Å²) in [5.74, 6) is 1.24. The number of anilines is 1. The van der Waals surface area contributed by atoms with Gasteiger partial charge in [0.15, 0.2) is 0 Å². The van der Waals surface area contributed by atoms with Crippen LogP contribution in [-0.2, 0) is 0 Å². The minimum Gasteiger partial charge on any atom is -0.354 e. The summed E-state index contributed by atoms with van der Waals surface area (Å²) in [7, 11) is 0. The summed E-state index contributed by atoms with van der Waals surface area (Å²) < 4.78 is 3.08. The fraction of sp³-hybridized carbons (Fsp3) is 0.250. The van der Waals surface area contributed by atoms with Crippen LogP contribution in [0.2, 0.25) is 5.02 Å². The molecule has 0 atom stereocenters. The van der Waals surface area contributed by atoms with Gasteiger partial charge < -0.3 is 5.32 Å². The van der Waals surface area contributed by atoms with Crippen molar-refractivity contribution in [3.05, 3.63) is 35.4 Å². The molecule has 0 saturated heterocycles. The fourth-order valence-corrected chi connectivity index (χ4v) is 1.85. The largest absolute Gasteiger partial charge is 0.354 e. The first kappa shape index (κ1) is 13.5. The molecule has 3 heterocycles. The molecule has 0 aliphatic rings. The predicted octanol–water partition coefficient (Wildman–Crippen LogP) is 1.64. The lowest BCUT2D eigenvalue weighted by Gasteiger charge is -2.07. The van der Waals surface area contributed by atoms with Crippen molar-refractivity contribution in [3.8, 4) is 11.9 Å². The summed E-state index contributed by atoms with van der Waals surface area (Å²) in [6.45, 7) is 4.48. The molecule has 0 aromatic carbocycles. The first-order valence-electron chi connectivity index (χ1n) is 6.39. The molecular weight excluding hydrogens is 292 g/mol. The van der Waals surface area contributed by atoms with Crippen LogP contribution in [0, 0.1) is 6.92 Å². The maximum absolute atomic E-state index is 6.03. The summed E-state index contributed by atoms with van der Waals surface area (Å²) in [5, 5.41) is 12.0. The summed E-state index contributed by atoms with van der Waals surface area (Å²) in [6, 6.07) is 1.80. The number of nitrogens with one attached hydrogen (secondary N) is 1. The summed E-state index contributed by atoms with van der Waals surface area (Å²) in [6.07, 6.45) is 5.08. The highest BCUT2D eigenvalue weighted by Crippen LogP contribution is 2.15. The summed E-state index contributed by atoms with van der Waals surface area (Å²) >= 11 is 6.03. The molecule has 0 fully saturated rings. The van der Waals surface area contributed by atoms with Crippen molar-refractivity contribution in [3.63, 3.8) is 0 Å². The van der Waals surface area contributed by atoms with Crippen LogP contribution in [0.25, 0.3) is 11.9 Å². The van der Waals surface area contributed by atoms with E-state index in [0.29, 0.717) is 35.1 Å². The van der Waals surface area contributed by atoms with Gasteiger partial charge in [0.25, 0.3) is 11.9 Å². The van der Waals surface area contributed by atoms with Crippen LogP contribution in [0.5, 0.6) is 0 Å². The van der Waals surface area contributed by atoms with Crippen LogP contribution in [0.3, 0.4) is 0 Å². The zero-order chi connectivity index (χ0) is 14.8. The van der Waals surface area contributed by atoms with Crippen LogP contribution in [0.4, 0.5) is 5.95 Å². The molecule has 8 nitrogen and oxygen atoms in total. The fourth-order valence-electron chi connectivity index (χ4n) is 1.72. The van der Waals surface area contributed by atoms with Crippen LogP contribution >= 0.6 is 11.6 Å². The summed E-state index contributed by atoms with van der Waals surface area (Å²) in [4.78, 5) is 13.0. The molecule has 108 valence electrons. The molecule has 0 radical (unpaired) electrons. The van der Waals surface area contributed by atoms with Gasteiger partial charge in [0.1, 0.15) is 0 Å². The van der Waals surface area contributed by atoms with Gasteiger partial charge in [-0.2, -0.15) is 25.1 Å². The Hall–Kier alpha value is -2.48. The molecule has 0 aliphatic carbocycles. The molecule has 3 rings (SSSR count). The van der Waals surface area contributed by atoms with Crippen molar-refractivity contribution in [2.75, 3.05) is 11.9 Å². The average molecular weight is 305 g/mol. The van der Waals surface area contributed by atoms with Crippen molar-refractivity contribution in [1.29, 1.82) is 0 Å². The van der Waals surface area contributed by atoms with E-state index >= 15 is 0 Å². The van der Waals surface area contributed by atoms with Gasteiger partial charge >= 0.3 is 0 Å². The Labute approximate surface area is 125 Å². The smallest absolute Gasteiger partial charge is 0.257 e. The van der Waals surface area contributed by atoms with Gasteiger partial charge in [-0.3, -0.25) is 0 Å². The number of rotatable bonds is 4. The first-order chi connectivity index (χ1) is 10.2. The molecule has 3 aromatic heterocycles. The van der Waals surface area contributed by atoms with Crippen LogP contribution < -0.4 is 5.32 Å². The van der Waals surface area contributed by atoms with E-state index in [1.54, 1.807) is 29.3 Å². The Morgan fingerprint density at radius 3 is 2.52 bits per heavy atom. The first-order valence-corrected chi connectivity index (χ1v) is 6.77. The van der Waals surface area contributed by atoms with E-state index in [1.807, 2.05) is 13.8 Å². The highest BCUT2D eigenvalue weighted by molar-refractivity contribution is 6.31. The Kier molecular flexibility index (Phi) is 3.53. The van der Waals surface area contributed by atoms with Gasteiger partial charge in [-0.1, -0.05) is 11.6 Å². The van der Waals surface area contributed by atoms with Gasteiger partial charge in [-0.15, -0.1) is 0 Å². The van der Waals surface area contributed by atoms with Gasteiger partial charge in [-0.25, -0.2) is 9.36 Å². The zero-order valence-corrected chi connectivity index (χ0v) is 12.3. The van der Waals surface area contributed by atoms with Gasteiger partial charge in [0.2, 0.25) is 5.95 Å². The average Bonchev–Trinajstić information content (AvgIpc) is 3.10. The zero-order valence-electron chi connectivity index (χ0n) is 11.5. The van der Waals surface area contributed by atoms with Crippen molar-refractivity contribution in [2.45, 2.75) is 13.8 Å². The lowest BCUT2D eigenvalue weighted by Crippen LogP contribution is -2.13. The topological polar surface area (TPSA) is 86.3 Å². The normalized spacial score (nSPS) is 10.8. The minimum absolute atomic E-state index is 0.376. The lowest BCUT2D eigenvalue weighted by atomic mass is 10.5. The highest BCUT2D eigenvalue weighted by Gasteiger charge is 2.12. The van der Waals surface area contributed by atoms with Crippen LogP contribution in [0.15, 0.2) is 24.7 Å². The predicted molar refractivity (Wildman–Crippen MR) is 78.0 cm³/mol. The number of hydrogen-bond acceptors (Lipinski definition) is 6. The molecule has 1 N–H and O–H groups in total. The van der Waals surface area contributed by atoms with E-state index in [4.69, 9.17) is 11.6 Å². The minimum atomic E-state index is 0.376. The highest BCUT2D eigenvalue weighted by atomic mass is 35.5. The van der Waals surface area contributed by atoms with Gasteiger partial charge in [0.05, 0.1) is 16.9 Å². The molecule has 0 unspecified atom stereocenters. The third-order valence-corrected chi connectivity index (χ3v) is 3.07. The number of hydrogen-bond donors (Lipinski definition) is 1. The third kappa shape index (κ3) is 2.70. The van der Waals surface area contributed by atoms with Crippen LogP contribution in [-0.4, -0.2) is 41.1 Å². The molecule has 3 aromatic rings. The molecule has 0 aliphatic heterocycles. The third-order valence-electron chi connectivity index (χ3n) is 2.70. The molecule has 0 bridgehead atoms. The lowest BCUT2D eigenvalue weighted by molar-refractivity contribution is 0.741. The van der Waals surface area contributed by atoms with E-state index < -0.39 is 0 Å². The number of aryl methyl sites for hydroxylation is 1. The SMILES string of the molecule is CCNc1nc(-n2cccn2)nc(-n2cc(Cl)c(C)n2)n1. The second kappa shape index (κ2) is 5.49.